The van der Waals surface area contributed by atoms with E-state index in [2.05, 4.69) is 10.3 Å². The summed E-state index contributed by atoms with van der Waals surface area (Å²) in [6.07, 6.45) is 3.83. The lowest BCUT2D eigenvalue weighted by Crippen LogP contribution is -2.41. The van der Waals surface area contributed by atoms with Gasteiger partial charge in [0.05, 0.1) is 12.8 Å². The molecule has 1 amide bonds. The molecule has 1 saturated heterocycles. The monoisotopic (exact) mass is 296 g/mol. The number of rotatable bonds is 5. The molecular weight excluding hydrogens is 276 g/mol. The third kappa shape index (κ3) is 4.17. The van der Waals surface area contributed by atoms with Crippen LogP contribution in [-0.2, 0) is 11.3 Å². The highest BCUT2D eigenvalue weighted by molar-refractivity contribution is 5.84. The van der Waals surface area contributed by atoms with Gasteiger partial charge in [0, 0.05) is 19.6 Å². The molecule has 21 heavy (non-hydrogen) atoms. The molecule has 0 bridgehead atoms. The van der Waals surface area contributed by atoms with E-state index in [0.717, 1.165) is 19.3 Å². The van der Waals surface area contributed by atoms with Crippen molar-refractivity contribution in [2.24, 2.45) is 5.92 Å². The number of hydrogen-bond acceptors (Lipinski definition) is 5. The maximum absolute atomic E-state index is 11.8. The molecule has 1 N–H and O–H groups in total. The van der Waals surface area contributed by atoms with Crippen LogP contribution in [0.15, 0.2) is 6.20 Å². The number of likely N-dealkylation sites (tertiary alicyclic amines) is 1. The fourth-order valence-electron chi connectivity index (χ4n) is 2.41. The van der Waals surface area contributed by atoms with Crippen LogP contribution in [0.4, 0.5) is 4.79 Å². The van der Waals surface area contributed by atoms with E-state index in [9.17, 15) is 9.59 Å². The Balaban J connectivity index is 1.88. The van der Waals surface area contributed by atoms with Crippen molar-refractivity contribution in [3.05, 3.63) is 11.9 Å². The zero-order valence-corrected chi connectivity index (χ0v) is 12.1. The Bertz CT molecular complexity index is 502. The number of piperidine rings is 1. The standard InChI is InChI=1S/C13H20N4O4/c1-2-6-21-13(20)16-5-3-4-10(7-16)8-17-9-11(12(18)19)14-15-17/h9-10H,2-8H2,1H3,(H,18,19)/t10-/m1/s1. The SMILES string of the molecule is CCCOC(=O)N1CCC[C@@H](Cn2cc(C(=O)O)nn2)C1. The quantitative estimate of drug-likeness (QED) is 0.877. The first-order valence-corrected chi connectivity index (χ1v) is 7.15. The molecule has 1 aromatic heterocycles. The second-order valence-electron chi connectivity index (χ2n) is 5.20. The summed E-state index contributed by atoms with van der Waals surface area (Å²) in [7, 11) is 0. The molecule has 1 atom stereocenters. The second-order valence-corrected chi connectivity index (χ2v) is 5.20. The lowest BCUT2D eigenvalue weighted by atomic mass is 9.98. The number of carbonyl (C=O) groups excluding carboxylic acids is 1. The fourth-order valence-corrected chi connectivity index (χ4v) is 2.41. The van der Waals surface area contributed by atoms with Crippen LogP contribution in [0.1, 0.15) is 36.7 Å². The first-order valence-electron chi connectivity index (χ1n) is 7.15. The van der Waals surface area contributed by atoms with Crippen LogP contribution in [0.2, 0.25) is 0 Å². The maximum atomic E-state index is 11.8. The lowest BCUT2D eigenvalue weighted by Gasteiger charge is -2.31. The Labute approximate surface area is 122 Å². The highest BCUT2D eigenvalue weighted by Crippen LogP contribution is 2.18. The minimum Gasteiger partial charge on any atom is -0.476 e. The van der Waals surface area contributed by atoms with E-state index in [4.69, 9.17) is 9.84 Å². The molecule has 1 aliphatic rings. The van der Waals surface area contributed by atoms with Crippen LogP contribution in [-0.4, -0.2) is 56.8 Å². The van der Waals surface area contributed by atoms with E-state index in [1.54, 1.807) is 4.90 Å². The number of nitrogens with zero attached hydrogens (tertiary/aromatic N) is 4. The van der Waals surface area contributed by atoms with E-state index in [1.807, 2.05) is 6.92 Å². The van der Waals surface area contributed by atoms with Crippen molar-refractivity contribution >= 4 is 12.1 Å². The Kier molecular flexibility index (Phi) is 5.13. The Morgan fingerprint density at radius 3 is 3.00 bits per heavy atom. The number of aromatic nitrogens is 3. The average Bonchev–Trinajstić information content (AvgIpc) is 2.94. The topological polar surface area (TPSA) is 97.5 Å². The van der Waals surface area contributed by atoms with Crippen molar-refractivity contribution in [3.8, 4) is 0 Å². The number of carboxylic acids is 1. The van der Waals surface area contributed by atoms with Crippen molar-refractivity contribution in [3.63, 3.8) is 0 Å². The zero-order valence-electron chi connectivity index (χ0n) is 12.1. The molecule has 2 heterocycles. The molecule has 2 rings (SSSR count). The van der Waals surface area contributed by atoms with Crippen LogP contribution < -0.4 is 0 Å². The summed E-state index contributed by atoms with van der Waals surface area (Å²) in [6.45, 7) is 4.25. The highest BCUT2D eigenvalue weighted by Gasteiger charge is 2.25. The van der Waals surface area contributed by atoms with Crippen LogP contribution in [0.5, 0.6) is 0 Å². The Hall–Kier alpha value is -2.12. The van der Waals surface area contributed by atoms with Crippen LogP contribution >= 0.6 is 0 Å². The number of carboxylic acid groups (broad SMARTS) is 1. The van der Waals surface area contributed by atoms with Crippen LogP contribution in [0, 0.1) is 5.92 Å². The Morgan fingerprint density at radius 2 is 2.33 bits per heavy atom. The van der Waals surface area contributed by atoms with Gasteiger partial charge in [0.2, 0.25) is 0 Å². The van der Waals surface area contributed by atoms with Gasteiger partial charge < -0.3 is 14.7 Å². The Morgan fingerprint density at radius 1 is 1.52 bits per heavy atom. The second kappa shape index (κ2) is 7.05. The summed E-state index contributed by atoms with van der Waals surface area (Å²) in [4.78, 5) is 24.3. The number of hydrogen-bond donors (Lipinski definition) is 1. The molecule has 0 aromatic carbocycles. The van der Waals surface area contributed by atoms with Gasteiger partial charge in [-0.2, -0.15) is 0 Å². The molecule has 1 fully saturated rings. The summed E-state index contributed by atoms with van der Waals surface area (Å²) in [5.41, 5.74) is -0.0648. The minimum absolute atomic E-state index is 0.0648. The first-order chi connectivity index (χ1) is 10.1. The van der Waals surface area contributed by atoms with Crippen molar-refractivity contribution in [1.29, 1.82) is 0 Å². The van der Waals surface area contributed by atoms with E-state index in [1.165, 1.54) is 10.9 Å². The molecular formula is C13H20N4O4. The molecule has 0 saturated carbocycles. The van der Waals surface area contributed by atoms with Gasteiger partial charge >= 0.3 is 12.1 Å². The minimum atomic E-state index is -1.09. The van der Waals surface area contributed by atoms with Gasteiger partial charge in [0.1, 0.15) is 0 Å². The number of aromatic carboxylic acids is 1. The summed E-state index contributed by atoms with van der Waals surface area (Å²) < 4.78 is 6.66. The molecule has 0 spiro atoms. The van der Waals surface area contributed by atoms with Gasteiger partial charge in [0.25, 0.3) is 0 Å². The van der Waals surface area contributed by atoms with Gasteiger partial charge in [-0.25, -0.2) is 9.59 Å². The third-order valence-corrected chi connectivity index (χ3v) is 3.41. The number of amides is 1. The van der Waals surface area contributed by atoms with E-state index >= 15 is 0 Å². The number of ether oxygens (including phenoxy) is 1. The van der Waals surface area contributed by atoms with Crippen molar-refractivity contribution in [2.75, 3.05) is 19.7 Å². The van der Waals surface area contributed by atoms with Crippen molar-refractivity contribution in [1.82, 2.24) is 19.9 Å². The van der Waals surface area contributed by atoms with Crippen molar-refractivity contribution < 1.29 is 19.4 Å². The van der Waals surface area contributed by atoms with E-state index in [0.29, 0.717) is 26.2 Å². The van der Waals surface area contributed by atoms with Crippen molar-refractivity contribution in [2.45, 2.75) is 32.7 Å². The zero-order chi connectivity index (χ0) is 15.2. The van der Waals surface area contributed by atoms with Crippen LogP contribution in [0.3, 0.4) is 0 Å². The molecule has 8 heteroatoms. The normalized spacial score (nSPS) is 18.5. The third-order valence-electron chi connectivity index (χ3n) is 3.41. The fraction of sp³-hybridized carbons (Fsp3) is 0.692. The molecule has 1 aromatic rings. The lowest BCUT2D eigenvalue weighted by molar-refractivity contribution is 0.0690. The molecule has 0 unspecified atom stereocenters. The molecule has 0 aliphatic carbocycles. The predicted molar refractivity (Wildman–Crippen MR) is 72.9 cm³/mol. The van der Waals surface area contributed by atoms with E-state index < -0.39 is 5.97 Å². The van der Waals surface area contributed by atoms with Gasteiger partial charge in [0.15, 0.2) is 5.69 Å². The molecule has 116 valence electrons. The summed E-state index contributed by atoms with van der Waals surface area (Å²) in [5, 5.41) is 16.2. The molecule has 8 nitrogen and oxygen atoms in total. The average molecular weight is 296 g/mol. The number of carbonyl (C=O) groups is 2. The van der Waals surface area contributed by atoms with Gasteiger partial charge in [-0.05, 0) is 25.2 Å². The van der Waals surface area contributed by atoms with Gasteiger partial charge in [-0.3, -0.25) is 4.68 Å². The maximum Gasteiger partial charge on any atom is 0.409 e. The predicted octanol–water partition coefficient (Wildman–Crippen LogP) is 1.23. The van der Waals surface area contributed by atoms with Gasteiger partial charge in [-0.15, -0.1) is 5.10 Å². The summed E-state index contributed by atoms with van der Waals surface area (Å²) >= 11 is 0. The summed E-state index contributed by atoms with van der Waals surface area (Å²) in [6, 6.07) is 0. The van der Waals surface area contributed by atoms with Crippen LogP contribution in [0.25, 0.3) is 0 Å². The largest absolute Gasteiger partial charge is 0.476 e. The first kappa shape index (κ1) is 15.3. The summed E-state index contributed by atoms with van der Waals surface area (Å²) in [5.74, 6) is -0.856. The highest BCUT2D eigenvalue weighted by atomic mass is 16.6. The van der Waals surface area contributed by atoms with E-state index in [-0.39, 0.29) is 17.7 Å². The van der Waals surface area contributed by atoms with Gasteiger partial charge in [-0.1, -0.05) is 12.1 Å². The molecule has 1 aliphatic heterocycles. The molecule has 0 radical (unpaired) electrons. The smallest absolute Gasteiger partial charge is 0.409 e.